The normalized spacial score (nSPS) is 10.2. The van der Waals surface area contributed by atoms with Gasteiger partial charge in [-0.3, -0.25) is 14.4 Å². The van der Waals surface area contributed by atoms with E-state index in [0.717, 1.165) is 12.0 Å². The molecule has 2 N–H and O–H groups in total. The first-order chi connectivity index (χ1) is 12.5. The molecule has 2 aromatic carbocycles. The Kier molecular flexibility index (Phi) is 7.09. The summed E-state index contributed by atoms with van der Waals surface area (Å²) in [6.45, 7) is 3.44. The molecule has 0 heterocycles. The van der Waals surface area contributed by atoms with Gasteiger partial charge >= 0.3 is 0 Å². The molecule has 0 saturated carbocycles. The molecule has 0 atom stereocenters. The van der Waals surface area contributed by atoms with E-state index >= 15 is 0 Å². The number of benzene rings is 2. The van der Waals surface area contributed by atoms with E-state index < -0.39 is 0 Å². The van der Waals surface area contributed by atoms with Crippen LogP contribution in [-0.4, -0.2) is 17.6 Å². The summed E-state index contributed by atoms with van der Waals surface area (Å²) in [4.78, 5) is 35.5. The first-order valence-corrected chi connectivity index (χ1v) is 8.78. The van der Waals surface area contributed by atoms with Crippen molar-refractivity contribution in [2.45, 2.75) is 39.5 Å². The first kappa shape index (κ1) is 19.4. The summed E-state index contributed by atoms with van der Waals surface area (Å²) in [5.74, 6) is -0.258. The standard InChI is InChI=1S/C21H24N2O3/c1-3-16-12-13-18(22-15(2)24)14-19(16)23-21(26)11-7-10-20(25)17-8-5-4-6-9-17/h4-6,8-9,12-14H,3,7,10-11H2,1-2H3,(H,22,24)(H,23,26). The Morgan fingerprint density at radius 3 is 2.31 bits per heavy atom. The minimum Gasteiger partial charge on any atom is -0.326 e. The van der Waals surface area contributed by atoms with Gasteiger partial charge in [0.1, 0.15) is 0 Å². The van der Waals surface area contributed by atoms with Crippen molar-refractivity contribution in [3.8, 4) is 0 Å². The third-order valence-corrected chi connectivity index (χ3v) is 3.99. The summed E-state index contributed by atoms with van der Waals surface area (Å²) in [6, 6.07) is 14.5. The number of Topliss-reactive ketones (excluding diaryl/α,β-unsaturated/α-hetero) is 1. The van der Waals surface area contributed by atoms with Gasteiger partial charge in [-0.25, -0.2) is 0 Å². The van der Waals surface area contributed by atoms with Crippen LogP contribution in [0, 0.1) is 0 Å². The number of amides is 2. The van der Waals surface area contributed by atoms with Gasteiger partial charge in [-0.1, -0.05) is 43.3 Å². The zero-order chi connectivity index (χ0) is 18.9. The highest BCUT2D eigenvalue weighted by Gasteiger charge is 2.10. The molecule has 26 heavy (non-hydrogen) atoms. The Balaban J connectivity index is 1.90. The van der Waals surface area contributed by atoms with Gasteiger partial charge in [0.25, 0.3) is 0 Å². The van der Waals surface area contributed by atoms with Crippen LogP contribution in [-0.2, 0) is 16.0 Å². The summed E-state index contributed by atoms with van der Waals surface area (Å²) in [5, 5.41) is 5.60. The van der Waals surface area contributed by atoms with Gasteiger partial charge in [0.05, 0.1) is 0 Å². The zero-order valence-corrected chi connectivity index (χ0v) is 15.2. The van der Waals surface area contributed by atoms with Crippen LogP contribution in [0.5, 0.6) is 0 Å². The number of carbonyl (C=O) groups excluding carboxylic acids is 3. The number of rotatable bonds is 8. The van der Waals surface area contributed by atoms with E-state index in [1.807, 2.05) is 37.3 Å². The molecule has 0 aromatic heterocycles. The fourth-order valence-electron chi connectivity index (χ4n) is 2.67. The zero-order valence-electron chi connectivity index (χ0n) is 15.2. The summed E-state index contributed by atoms with van der Waals surface area (Å²) in [7, 11) is 0. The average Bonchev–Trinajstić information content (AvgIpc) is 2.62. The molecule has 5 heteroatoms. The third kappa shape index (κ3) is 5.84. The molecule has 0 spiro atoms. The van der Waals surface area contributed by atoms with Crippen molar-refractivity contribution in [3.63, 3.8) is 0 Å². The van der Waals surface area contributed by atoms with Crippen LogP contribution in [0.1, 0.15) is 49.0 Å². The number of nitrogens with one attached hydrogen (secondary N) is 2. The van der Waals surface area contributed by atoms with Gasteiger partial charge in [-0.05, 0) is 30.5 Å². The number of hydrogen-bond donors (Lipinski definition) is 2. The van der Waals surface area contributed by atoms with Crippen molar-refractivity contribution >= 4 is 29.0 Å². The van der Waals surface area contributed by atoms with E-state index in [0.29, 0.717) is 29.8 Å². The Labute approximate surface area is 153 Å². The first-order valence-electron chi connectivity index (χ1n) is 8.78. The second-order valence-electron chi connectivity index (χ2n) is 6.10. The summed E-state index contributed by atoms with van der Waals surface area (Å²) >= 11 is 0. The lowest BCUT2D eigenvalue weighted by molar-refractivity contribution is -0.116. The molecule has 0 unspecified atom stereocenters. The van der Waals surface area contributed by atoms with E-state index in [-0.39, 0.29) is 24.0 Å². The lowest BCUT2D eigenvalue weighted by Crippen LogP contribution is -2.14. The Morgan fingerprint density at radius 2 is 1.65 bits per heavy atom. The number of hydrogen-bond acceptors (Lipinski definition) is 3. The summed E-state index contributed by atoms with van der Waals surface area (Å²) in [6.07, 6.45) is 1.87. The van der Waals surface area contributed by atoms with Crippen LogP contribution < -0.4 is 10.6 Å². The minimum absolute atomic E-state index is 0.0419. The van der Waals surface area contributed by atoms with Gasteiger partial charge in [0, 0.05) is 36.7 Å². The quantitative estimate of drug-likeness (QED) is 0.699. The van der Waals surface area contributed by atoms with E-state index in [9.17, 15) is 14.4 Å². The Bertz CT molecular complexity index is 785. The van der Waals surface area contributed by atoms with Gasteiger partial charge in [0.15, 0.2) is 5.78 Å². The molecule has 2 amide bonds. The van der Waals surface area contributed by atoms with E-state index in [2.05, 4.69) is 10.6 Å². The van der Waals surface area contributed by atoms with Crippen molar-refractivity contribution < 1.29 is 14.4 Å². The highest BCUT2D eigenvalue weighted by atomic mass is 16.2. The number of anilines is 2. The lowest BCUT2D eigenvalue weighted by Gasteiger charge is -2.12. The van der Waals surface area contributed by atoms with Gasteiger partial charge in [0.2, 0.25) is 11.8 Å². The van der Waals surface area contributed by atoms with E-state index in [1.165, 1.54) is 6.92 Å². The number of ketones is 1. The second-order valence-corrected chi connectivity index (χ2v) is 6.10. The van der Waals surface area contributed by atoms with Gasteiger partial charge < -0.3 is 10.6 Å². The largest absolute Gasteiger partial charge is 0.326 e. The highest BCUT2D eigenvalue weighted by Crippen LogP contribution is 2.22. The van der Waals surface area contributed by atoms with E-state index in [4.69, 9.17) is 0 Å². The van der Waals surface area contributed by atoms with Crippen molar-refractivity contribution in [1.29, 1.82) is 0 Å². The van der Waals surface area contributed by atoms with Crippen molar-refractivity contribution in [3.05, 3.63) is 59.7 Å². The maximum absolute atomic E-state index is 12.2. The SMILES string of the molecule is CCc1ccc(NC(C)=O)cc1NC(=O)CCCC(=O)c1ccccc1. The molecular formula is C21H24N2O3. The molecule has 0 saturated heterocycles. The fraction of sp³-hybridized carbons (Fsp3) is 0.286. The van der Waals surface area contributed by atoms with Gasteiger partial charge in [-0.2, -0.15) is 0 Å². The number of carbonyl (C=O) groups is 3. The van der Waals surface area contributed by atoms with Crippen LogP contribution in [0.25, 0.3) is 0 Å². The van der Waals surface area contributed by atoms with Crippen molar-refractivity contribution in [1.82, 2.24) is 0 Å². The second kappa shape index (κ2) is 9.51. The fourth-order valence-corrected chi connectivity index (χ4v) is 2.67. The van der Waals surface area contributed by atoms with E-state index in [1.54, 1.807) is 18.2 Å². The Morgan fingerprint density at radius 1 is 0.923 bits per heavy atom. The average molecular weight is 352 g/mol. The molecule has 2 rings (SSSR count). The predicted octanol–water partition coefficient (Wildman–Crippen LogP) is 4.20. The maximum atomic E-state index is 12.2. The van der Waals surface area contributed by atoms with Crippen LogP contribution in [0.4, 0.5) is 11.4 Å². The molecule has 0 aliphatic carbocycles. The van der Waals surface area contributed by atoms with Crippen molar-refractivity contribution in [2.24, 2.45) is 0 Å². The highest BCUT2D eigenvalue weighted by molar-refractivity contribution is 5.97. The van der Waals surface area contributed by atoms with Crippen LogP contribution in [0.2, 0.25) is 0 Å². The molecule has 136 valence electrons. The van der Waals surface area contributed by atoms with Crippen LogP contribution in [0.3, 0.4) is 0 Å². The molecule has 5 nitrogen and oxygen atoms in total. The molecule has 0 aliphatic heterocycles. The topological polar surface area (TPSA) is 75.3 Å². The van der Waals surface area contributed by atoms with Crippen molar-refractivity contribution in [2.75, 3.05) is 10.6 Å². The smallest absolute Gasteiger partial charge is 0.224 e. The number of aryl methyl sites for hydroxylation is 1. The summed E-state index contributed by atoms with van der Waals surface area (Å²) < 4.78 is 0. The maximum Gasteiger partial charge on any atom is 0.224 e. The molecule has 0 fully saturated rings. The molecule has 0 bridgehead atoms. The molecule has 0 aliphatic rings. The molecule has 2 aromatic rings. The lowest BCUT2D eigenvalue weighted by atomic mass is 10.1. The molecular weight excluding hydrogens is 328 g/mol. The van der Waals surface area contributed by atoms with Gasteiger partial charge in [-0.15, -0.1) is 0 Å². The van der Waals surface area contributed by atoms with Crippen LogP contribution >= 0.6 is 0 Å². The van der Waals surface area contributed by atoms with Crippen LogP contribution in [0.15, 0.2) is 48.5 Å². The third-order valence-electron chi connectivity index (χ3n) is 3.99. The molecule has 0 radical (unpaired) electrons. The minimum atomic E-state index is -0.161. The monoisotopic (exact) mass is 352 g/mol. The predicted molar refractivity (Wildman–Crippen MR) is 103 cm³/mol. The Hall–Kier alpha value is -2.95. The summed E-state index contributed by atoms with van der Waals surface area (Å²) in [5.41, 5.74) is 3.00.